The smallest absolute Gasteiger partial charge is 0.135 e. The van der Waals surface area contributed by atoms with Gasteiger partial charge in [0.05, 0.1) is 6.04 Å². The number of alkyl halides is 1. The van der Waals surface area contributed by atoms with Crippen LogP contribution in [0, 0.1) is 11.6 Å². The average molecular weight is 374 g/mol. The lowest BCUT2D eigenvalue weighted by molar-refractivity contribution is 0.0962. The van der Waals surface area contributed by atoms with Gasteiger partial charge in [-0.05, 0) is 31.9 Å². The van der Waals surface area contributed by atoms with Gasteiger partial charge in [-0.2, -0.15) is 0 Å². The number of fused-ring (bicyclic) bond motifs is 3. The van der Waals surface area contributed by atoms with Crippen molar-refractivity contribution in [3.8, 4) is 5.75 Å². The normalized spacial score (nSPS) is 18.0. The molecule has 1 atom stereocenters. The van der Waals surface area contributed by atoms with E-state index in [0.29, 0.717) is 18.7 Å². The Morgan fingerprint density at radius 2 is 1.85 bits per heavy atom. The fraction of sp³-hybridized carbons (Fsp3) is 0.333. The number of phenolic OH excluding ortho intramolecular Hbond substituents is 1. The summed E-state index contributed by atoms with van der Waals surface area (Å²) in [5, 5.41) is 10.5. The first kappa shape index (κ1) is 17.9. The van der Waals surface area contributed by atoms with Gasteiger partial charge in [0.2, 0.25) is 0 Å². The predicted molar refractivity (Wildman–Crippen MR) is 98.6 cm³/mol. The molecular formula is C21H21F3N2O. The summed E-state index contributed by atoms with van der Waals surface area (Å²) >= 11 is 0. The van der Waals surface area contributed by atoms with Crippen molar-refractivity contribution in [2.75, 3.05) is 13.1 Å². The summed E-state index contributed by atoms with van der Waals surface area (Å²) in [6.07, 6.45) is 0.660. The Kier molecular flexibility index (Phi) is 4.18. The maximum Gasteiger partial charge on any atom is 0.135 e. The summed E-state index contributed by atoms with van der Waals surface area (Å²) in [6.45, 7) is 3.42. The van der Waals surface area contributed by atoms with Gasteiger partial charge >= 0.3 is 0 Å². The van der Waals surface area contributed by atoms with Crippen LogP contribution in [-0.4, -0.2) is 33.7 Å². The molecule has 2 aromatic carbocycles. The lowest BCUT2D eigenvalue weighted by Gasteiger charge is -2.38. The second kappa shape index (κ2) is 6.30. The van der Waals surface area contributed by atoms with Crippen molar-refractivity contribution >= 4 is 10.9 Å². The summed E-state index contributed by atoms with van der Waals surface area (Å²) in [6, 6.07) is 8.70. The highest BCUT2D eigenvalue weighted by Gasteiger charge is 2.37. The van der Waals surface area contributed by atoms with E-state index in [9.17, 15) is 18.3 Å². The molecular weight excluding hydrogens is 353 g/mol. The number of aromatic nitrogens is 1. The molecule has 0 saturated heterocycles. The molecule has 1 unspecified atom stereocenters. The Hall–Kier alpha value is -2.47. The quantitative estimate of drug-likeness (QED) is 0.688. The highest BCUT2D eigenvalue weighted by atomic mass is 19.1. The number of aromatic amines is 1. The first-order valence-electron chi connectivity index (χ1n) is 8.95. The molecule has 2 N–H and O–H groups in total. The molecule has 0 radical (unpaired) electrons. The van der Waals surface area contributed by atoms with E-state index >= 15 is 0 Å². The van der Waals surface area contributed by atoms with Crippen LogP contribution in [0.3, 0.4) is 0 Å². The molecule has 27 heavy (non-hydrogen) atoms. The second-order valence-corrected chi connectivity index (χ2v) is 7.73. The first-order valence-corrected chi connectivity index (χ1v) is 8.95. The summed E-state index contributed by atoms with van der Waals surface area (Å²) < 4.78 is 43.9. The van der Waals surface area contributed by atoms with Gasteiger partial charge in [0.25, 0.3) is 0 Å². The molecule has 1 aliphatic heterocycles. The minimum atomic E-state index is -1.52. The van der Waals surface area contributed by atoms with E-state index < -0.39 is 29.1 Å². The van der Waals surface area contributed by atoms with Crippen molar-refractivity contribution < 1.29 is 18.3 Å². The monoisotopic (exact) mass is 374 g/mol. The van der Waals surface area contributed by atoms with Gasteiger partial charge in [-0.3, -0.25) is 4.90 Å². The van der Waals surface area contributed by atoms with Crippen molar-refractivity contribution in [1.29, 1.82) is 0 Å². The highest BCUT2D eigenvalue weighted by Crippen LogP contribution is 2.41. The van der Waals surface area contributed by atoms with Gasteiger partial charge in [-0.15, -0.1) is 0 Å². The SMILES string of the molecule is CC(C)(F)CN1CCc2c([nH]c3ccccc23)C1c1c(F)cc(O)cc1F. The van der Waals surface area contributed by atoms with Crippen LogP contribution in [0.25, 0.3) is 10.9 Å². The van der Waals surface area contributed by atoms with Crippen LogP contribution in [0.2, 0.25) is 0 Å². The maximum absolute atomic E-state index is 14.7. The molecule has 0 bridgehead atoms. The first-order chi connectivity index (χ1) is 12.7. The van der Waals surface area contributed by atoms with E-state index in [1.165, 1.54) is 13.8 Å². The molecule has 1 aromatic heterocycles. The second-order valence-electron chi connectivity index (χ2n) is 7.73. The minimum absolute atomic E-state index is 0.0340. The van der Waals surface area contributed by atoms with Crippen LogP contribution in [0.4, 0.5) is 13.2 Å². The standard InChI is InChI=1S/C21H21F3N2O/c1-21(2,24)11-26-8-7-14-13-5-3-4-6-17(13)25-19(14)20(26)18-15(22)9-12(27)10-16(18)23/h3-6,9-10,20,25,27H,7-8,11H2,1-2H3. The van der Waals surface area contributed by atoms with Crippen LogP contribution in [0.1, 0.15) is 36.7 Å². The number of nitrogens with zero attached hydrogens (tertiary/aromatic N) is 1. The van der Waals surface area contributed by atoms with E-state index in [1.54, 1.807) is 4.90 Å². The number of halogens is 3. The molecule has 0 spiro atoms. The molecule has 3 aromatic rings. The average Bonchev–Trinajstić information content (AvgIpc) is 2.93. The van der Waals surface area contributed by atoms with Crippen molar-refractivity contribution in [1.82, 2.24) is 9.88 Å². The lowest BCUT2D eigenvalue weighted by Crippen LogP contribution is -2.43. The number of benzene rings is 2. The van der Waals surface area contributed by atoms with Crippen LogP contribution in [-0.2, 0) is 6.42 Å². The van der Waals surface area contributed by atoms with Crippen LogP contribution < -0.4 is 0 Å². The Bertz CT molecular complexity index is 983. The third-order valence-electron chi connectivity index (χ3n) is 5.05. The largest absolute Gasteiger partial charge is 0.508 e. The van der Waals surface area contributed by atoms with E-state index in [1.807, 2.05) is 24.3 Å². The minimum Gasteiger partial charge on any atom is -0.508 e. The third-order valence-corrected chi connectivity index (χ3v) is 5.05. The number of H-pyrrole nitrogens is 1. The van der Waals surface area contributed by atoms with E-state index in [2.05, 4.69) is 4.98 Å². The molecule has 0 saturated carbocycles. The highest BCUT2D eigenvalue weighted by molar-refractivity contribution is 5.85. The molecule has 1 aliphatic rings. The summed E-state index contributed by atoms with van der Waals surface area (Å²) in [5.41, 5.74) is 0.856. The van der Waals surface area contributed by atoms with Crippen LogP contribution in [0.5, 0.6) is 5.75 Å². The number of aromatic hydroxyl groups is 1. The van der Waals surface area contributed by atoms with E-state index in [4.69, 9.17) is 0 Å². The molecule has 2 heterocycles. The number of hydrogen-bond acceptors (Lipinski definition) is 2. The number of hydrogen-bond donors (Lipinski definition) is 2. The number of nitrogens with one attached hydrogen (secondary N) is 1. The fourth-order valence-electron chi connectivity index (χ4n) is 4.10. The zero-order chi connectivity index (χ0) is 19.3. The third kappa shape index (κ3) is 3.18. The summed E-state index contributed by atoms with van der Waals surface area (Å²) in [7, 11) is 0. The Morgan fingerprint density at radius 3 is 2.52 bits per heavy atom. The van der Waals surface area contributed by atoms with Gasteiger partial charge < -0.3 is 10.1 Å². The van der Waals surface area contributed by atoms with E-state index in [0.717, 1.165) is 28.6 Å². The van der Waals surface area contributed by atoms with Gasteiger partial charge in [-0.25, -0.2) is 13.2 Å². The van der Waals surface area contributed by atoms with Gasteiger partial charge in [0.15, 0.2) is 0 Å². The number of rotatable bonds is 3. The number of phenols is 1. The summed E-state index contributed by atoms with van der Waals surface area (Å²) in [4.78, 5) is 5.05. The topological polar surface area (TPSA) is 39.3 Å². The molecule has 0 aliphatic carbocycles. The number of para-hydroxylation sites is 1. The molecule has 3 nitrogen and oxygen atoms in total. The van der Waals surface area contributed by atoms with Crippen molar-refractivity contribution in [3.05, 3.63) is 64.9 Å². The van der Waals surface area contributed by atoms with E-state index in [-0.39, 0.29) is 12.1 Å². The zero-order valence-corrected chi connectivity index (χ0v) is 15.2. The lowest BCUT2D eigenvalue weighted by atomic mass is 9.90. The molecule has 4 rings (SSSR count). The maximum atomic E-state index is 14.7. The van der Waals surface area contributed by atoms with Crippen LogP contribution in [0.15, 0.2) is 36.4 Å². The van der Waals surface area contributed by atoms with Crippen molar-refractivity contribution in [2.24, 2.45) is 0 Å². The van der Waals surface area contributed by atoms with Gasteiger partial charge in [0, 0.05) is 47.4 Å². The summed E-state index contributed by atoms with van der Waals surface area (Å²) in [5.74, 6) is -2.16. The molecule has 142 valence electrons. The Morgan fingerprint density at radius 1 is 1.19 bits per heavy atom. The van der Waals surface area contributed by atoms with Gasteiger partial charge in [0.1, 0.15) is 23.1 Å². The zero-order valence-electron chi connectivity index (χ0n) is 15.2. The molecule has 6 heteroatoms. The Labute approximate surface area is 155 Å². The van der Waals surface area contributed by atoms with Crippen molar-refractivity contribution in [3.63, 3.8) is 0 Å². The predicted octanol–water partition coefficient (Wildman–Crippen LogP) is 4.85. The van der Waals surface area contributed by atoms with Crippen molar-refractivity contribution in [2.45, 2.75) is 32.0 Å². The fourth-order valence-corrected chi connectivity index (χ4v) is 4.10. The van der Waals surface area contributed by atoms with Gasteiger partial charge in [-0.1, -0.05) is 18.2 Å². The Balaban J connectivity index is 1.93. The molecule has 0 fully saturated rings. The van der Waals surface area contributed by atoms with Crippen LogP contribution >= 0.6 is 0 Å². The molecule has 0 amide bonds.